The van der Waals surface area contributed by atoms with Gasteiger partial charge in [-0.15, -0.1) is 0 Å². The summed E-state index contributed by atoms with van der Waals surface area (Å²) in [6.07, 6.45) is 7.48. The number of carbonyl (C=O) groups is 1. The van der Waals surface area contributed by atoms with Gasteiger partial charge in [0.25, 0.3) is 0 Å². The van der Waals surface area contributed by atoms with Gasteiger partial charge in [0.1, 0.15) is 5.75 Å². The molecule has 1 heterocycles. The van der Waals surface area contributed by atoms with E-state index in [0.29, 0.717) is 5.75 Å². The van der Waals surface area contributed by atoms with E-state index >= 15 is 0 Å². The number of amides is 1. The van der Waals surface area contributed by atoms with Gasteiger partial charge >= 0.3 is 0 Å². The fourth-order valence-electron chi connectivity index (χ4n) is 4.98. The monoisotopic (exact) mass is 406 g/mol. The van der Waals surface area contributed by atoms with E-state index in [1.165, 1.54) is 24.8 Å². The number of rotatable bonds is 6. The first-order valence-corrected chi connectivity index (χ1v) is 11.6. The van der Waals surface area contributed by atoms with E-state index in [9.17, 15) is 9.90 Å². The van der Waals surface area contributed by atoms with Crippen molar-refractivity contribution < 1.29 is 9.90 Å². The van der Waals surface area contributed by atoms with E-state index in [0.717, 1.165) is 68.7 Å². The normalized spacial score (nSPS) is 19.3. The topological polar surface area (TPSA) is 43.8 Å². The summed E-state index contributed by atoms with van der Waals surface area (Å²) >= 11 is 0. The van der Waals surface area contributed by atoms with Crippen LogP contribution in [0.2, 0.25) is 0 Å². The Morgan fingerprint density at radius 1 is 1.07 bits per heavy atom. The molecule has 1 amide bonds. The molecular weight excluding hydrogens is 372 g/mol. The van der Waals surface area contributed by atoms with Gasteiger partial charge in [-0.25, -0.2) is 0 Å². The second-order valence-corrected chi connectivity index (χ2v) is 8.70. The molecule has 1 unspecified atom stereocenters. The van der Waals surface area contributed by atoms with Gasteiger partial charge in [0, 0.05) is 18.8 Å². The minimum Gasteiger partial charge on any atom is -0.508 e. The van der Waals surface area contributed by atoms with Crippen molar-refractivity contribution in [1.29, 1.82) is 0 Å². The Hall–Kier alpha value is -2.33. The fraction of sp³-hybridized carbons (Fsp3) is 0.500. The molecule has 2 aliphatic rings. The highest BCUT2D eigenvalue weighted by Crippen LogP contribution is 2.38. The second-order valence-electron chi connectivity index (χ2n) is 8.70. The molecule has 1 fully saturated rings. The molecule has 0 spiro atoms. The number of carbonyl (C=O) groups excluding carboxylic acids is 1. The highest BCUT2D eigenvalue weighted by molar-refractivity contribution is 5.98. The number of anilines is 1. The lowest BCUT2D eigenvalue weighted by atomic mass is 9.81. The Morgan fingerprint density at radius 3 is 2.57 bits per heavy atom. The predicted molar refractivity (Wildman–Crippen MR) is 122 cm³/mol. The van der Waals surface area contributed by atoms with Crippen LogP contribution in [0.5, 0.6) is 5.75 Å². The van der Waals surface area contributed by atoms with E-state index in [-0.39, 0.29) is 11.8 Å². The van der Waals surface area contributed by atoms with Crippen LogP contribution in [0.1, 0.15) is 61.6 Å². The molecule has 0 aromatic heterocycles. The summed E-state index contributed by atoms with van der Waals surface area (Å²) in [5.41, 5.74) is 4.25. The SMILES string of the molecule is CCc1ccc(N(CCN2CCCCC2)C(=O)C2CCCc3c(O)cccc32)cc1. The maximum Gasteiger partial charge on any atom is 0.234 e. The molecule has 1 atom stereocenters. The second kappa shape index (κ2) is 9.65. The molecule has 0 saturated carbocycles. The highest BCUT2D eigenvalue weighted by atomic mass is 16.3. The van der Waals surface area contributed by atoms with Crippen LogP contribution in [0.4, 0.5) is 5.69 Å². The number of aryl methyl sites for hydroxylation is 1. The molecule has 2 aromatic rings. The predicted octanol–water partition coefficient (Wildman–Crippen LogP) is 4.89. The largest absolute Gasteiger partial charge is 0.508 e. The number of hydrogen-bond acceptors (Lipinski definition) is 3. The van der Waals surface area contributed by atoms with Crippen LogP contribution in [0.3, 0.4) is 0 Å². The number of hydrogen-bond donors (Lipinski definition) is 1. The molecule has 160 valence electrons. The summed E-state index contributed by atoms with van der Waals surface area (Å²) in [5.74, 6) is 0.327. The van der Waals surface area contributed by atoms with Gasteiger partial charge in [-0.05, 0) is 86.5 Å². The van der Waals surface area contributed by atoms with Crippen molar-refractivity contribution in [3.8, 4) is 5.75 Å². The molecule has 0 bridgehead atoms. The minimum atomic E-state index is -0.173. The van der Waals surface area contributed by atoms with Crippen LogP contribution in [-0.4, -0.2) is 42.1 Å². The minimum absolute atomic E-state index is 0.169. The number of phenols is 1. The van der Waals surface area contributed by atoms with Crippen molar-refractivity contribution in [3.05, 3.63) is 59.2 Å². The van der Waals surface area contributed by atoms with Crippen molar-refractivity contribution in [3.63, 3.8) is 0 Å². The van der Waals surface area contributed by atoms with Crippen LogP contribution in [-0.2, 0) is 17.6 Å². The van der Waals surface area contributed by atoms with E-state index in [1.54, 1.807) is 6.07 Å². The van der Waals surface area contributed by atoms with E-state index in [1.807, 2.05) is 17.0 Å². The maximum absolute atomic E-state index is 13.8. The summed E-state index contributed by atoms with van der Waals surface area (Å²) in [6, 6.07) is 14.1. The Morgan fingerprint density at radius 2 is 1.83 bits per heavy atom. The summed E-state index contributed by atoms with van der Waals surface area (Å²) in [4.78, 5) is 18.3. The molecule has 0 radical (unpaired) electrons. The molecule has 30 heavy (non-hydrogen) atoms. The molecule has 1 saturated heterocycles. The molecular formula is C26H34N2O2. The van der Waals surface area contributed by atoms with Gasteiger partial charge in [-0.3, -0.25) is 4.79 Å². The Balaban J connectivity index is 1.59. The van der Waals surface area contributed by atoms with E-state index in [4.69, 9.17) is 0 Å². The number of benzene rings is 2. The number of phenolic OH excluding ortho intramolecular Hbond substituents is 1. The maximum atomic E-state index is 13.8. The van der Waals surface area contributed by atoms with Crippen molar-refractivity contribution in [2.75, 3.05) is 31.1 Å². The summed E-state index contributed by atoms with van der Waals surface area (Å²) in [6.45, 7) is 6.06. The molecule has 1 aliphatic heterocycles. The third kappa shape index (κ3) is 4.54. The van der Waals surface area contributed by atoms with E-state index < -0.39 is 0 Å². The van der Waals surface area contributed by atoms with Gasteiger partial charge < -0.3 is 14.9 Å². The smallest absolute Gasteiger partial charge is 0.234 e. The highest BCUT2D eigenvalue weighted by Gasteiger charge is 2.32. The lowest BCUT2D eigenvalue weighted by molar-refractivity contribution is -0.120. The van der Waals surface area contributed by atoms with Crippen molar-refractivity contribution in [1.82, 2.24) is 4.90 Å². The molecule has 4 rings (SSSR count). The van der Waals surface area contributed by atoms with Crippen molar-refractivity contribution in [2.24, 2.45) is 0 Å². The zero-order valence-corrected chi connectivity index (χ0v) is 18.1. The summed E-state index contributed by atoms with van der Waals surface area (Å²) in [5, 5.41) is 10.3. The lowest BCUT2D eigenvalue weighted by Gasteiger charge is -2.34. The van der Waals surface area contributed by atoms with Crippen molar-refractivity contribution >= 4 is 11.6 Å². The molecule has 1 N–H and O–H groups in total. The zero-order chi connectivity index (χ0) is 20.9. The van der Waals surface area contributed by atoms with Gasteiger partial charge in [-0.1, -0.05) is 37.6 Å². The van der Waals surface area contributed by atoms with Gasteiger partial charge in [-0.2, -0.15) is 0 Å². The summed E-state index contributed by atoms with van der Waals surface area (Å²) in [7, 11) is 0. The first kappa shape index (κ1) is 20.9. The van der Waals surface area contributed by atoms with Crippen LogP contribution in [0.25, 0.3) is 0 Å². The average Bonchev–Trinajstić information content (AvgIpc) is 2.80. The van der Waals surface area contributed by atoms with Crippen molar-refractivity contribution in [2.45, 2.75) is 57.8 Å². The number of aromatic hydroxyl groups is 1. The molecule has 1 aliphatic carbocycles. The molecule has 4 heteroatoms. The zero-order valence-electron chi connectivity index (χ0n) is 18.1. The van der Waals surface area contributed by atoms with Crippen LogP contribution in [0, 0.1) is 0 Å². The molecule has 4 nitrogen and oxygen atoms in total. The standard InChI is InChI=1S/C26H34N2O2/c1-2-20-12-14-21(15-13-20)28(19-18-27-16-4-3-5-17-27)26(30)24-10-6-9-23-22(24)8-7-11-25(23)29/h7-8,11-15,24,29H,2-6,9-10,16-19H2,1H3. The van der Waals surface area contributed by atoms with Gasteiger partial charge in [0.2, 0.25) is 5.91 Å². The third-order valence-electron chi connectivity index (χ3n) is 6.79. The first-order valence-electron chi connectivity index (χ1n) is 11.6. The Kier molecular flexibility index (Phi) is 6.73. The third-order valence-corrected chi connectivity index (χ3v) is 6.79. The van der Waals surface area contributed by atoms with Crippen LogP contribution < -0.4 is 4.90 Å². The van der Waals surface area contributed by atoms with Gasteiger partial charge in [0.05, 0.1) is 5.92 Å². The molecule has 2 aromatic carbocycles. The fourth-order valence-corrected chi connectivity index (χ4v) is 4.98. The quantitative estimate of drug-likeness (QED) is 0.742. The Labute approximate surface area is 180 Å². The number of nitrogens with zero attached hydrogens (tertiary/aromatic N) is 2. The number of piperidine rings is 1. The van der Waals surface area contributed by atoms with Crippen LogP contribution in [0.15, 0.2) is 42.5 Å². The summed E-state index contributed by atoms with van der Waals surface area (Å²) < 4.78 is 0. The van der Waals surface area contributed by atoms with E-state index in [2.05, 4.69) is 36.1 Å². The lowest BCUT2D eigenvalue weighted by Crippen LogP contribution is -2.43. The Bertz CT molecular complexity index is 856. The van der Waals surface area contributed by atoms with Crippen LogP contribution >= 0.6 is 0 Å². The average molecular weight is 407 g/mol. The number of likely N-dealkylation sites (tertiary alicyclic amines) is 1. The number of fused-ring (bicyclic) bond motifs is 1. The first-order chi connectivity index (χ1) is 14.7. The van der Waals surface area contributed by atoms with Gasteiger partial charge in [0.15, 0.2) is 0 Å².